The van der Waals surface area contributed by atoms with Crippen molar-refractivity contribution >= 4 is 27.4 Å². The van der Waals surface area contributed by atoms with E-state index in [9.17, 15) is 0 Å². The maximum atomic E-state index is 4.51. The summed E-state index contributed by atoms with van der Waals surface area (Å²) in [5.41, 5.74) is 0. The number of rotatable bonds is 5. The molecule has 2 heterocycles. The van der Waals surface area contributed by atoms with Crippen molar-refractivity contribution < 1.29 is 0 Å². The number of aromatic nitrogens is 2. The van der Waals surface area contributed by atoms with Crippen molar-refractivity contribution in [2.75, 3.05) is 32.5 Å². The lowest BCUT2D eigenvalue weighted by molar-refractivity contribution is 0.425. The second-order valence-electron chi connectivity index (χ2n) is 4.63. The lowest BCUT2D eigenvalue weighted by Gasteiger charge is -2.11. The summed E-state index contributed by atoms with van der Waals surface area (Å²) in [6.07, 6.45) is 1.05. The number of hydrogen-bond acceptors (Lipinski definition) is 5. The average Bonchev–Trinajstić information content (AvgIpc) is 2.71. The highest BCUT2D eigenvalue weighted by Gasteiger charge is 2.09. The third-order valence-corrected chi connectivity index (χ3v) is 3.93. The molecule has 0 aliphatic rings. The molecular weight excluding hydrogens is 244 g/mol. The van der Waals surface area contributed by atoms with Gasteiger partial charge in [-0.3, -0.25) is 0 Å². The van der Waals surface area contributed by atoms with Crippen molar-refractivity contribution in [2.45, 2.75) is 20.3 Å². The highest BCUT2D eigenvalue weighted by Crippen LogP contribution is 2.29. The van der Waals surface area contributed by atoms with Gasteiger partial charge in [-0.15, -0.1) is 11.3 Å². The molecule has 0 aliphatic heterocycles. The molecule has 0 saturated heterocycles. The Morgan fingerprint density at radius 1 is 1.33 bits per heavy atom. The first-order valence-corrected chi connectivity index (χ1v) is 7.07. The molecule has 0 atom stereocenters. The minimum atomic E-state index is 0.833. The van der Waals surface area contributed by atoms with Gasteiger partial charge in [-0.05, 0) is 33.5 Å². The number of thiophene rings is 1. The number of likely N-dealkylation sites (N-methyl/N-ethyl adjacent to an activating group) is 1. The molecular formula is C13H20N4S. The van der Waals surface area contributed by atoms with Gasteiger partial charge >= 0.3 is 0 Å². The standard InChI is InChI=1S/C13H20N4S/c1-5-10-8-11-12(14-6-7-17(3)4)15-9(2)16-13(11)18-10/h8H,5-7H2,1-4H3,(H,14,15,16). The van der Waals surface area contributed by atoms with Crippen LogP contribution in [0.15, 0.2) is 6.07 Å². The van der Waals surface area contributed by atoms with Gasteiger partial charge in [-0.1, -0.05) is 6.92 Å². The van der Waals surface area contributed by atoms with Gasteiger partial charge in [0.1, 0.15) is 16.5 Å². The Morgan fingerprint density at radius 3 is 2.78 bits per heavy atom. The van der Waals surface area contributed by atoms with Crippen molar-refractivity contribution in [3.8, 4) is 0 Å². The van der Waals surface area contributed by atoms with Gasteiger partial charge in [-0.25, -0.2) is 9.97 Å². The van der Waals surface area contributed by atoms with Crippen molar-refractivity contribution in [3.63, 3.8) is 0 Å². The van der Waals surface area contributed by atoms with Crippen LogP contribution in [0.4, 0.5) is 5.82 Å². The number of nitrogens with zero attached hydrogens (tertiary/aromatic N) is 3. The van der Waals surface area contributed by atoms with Gasteiger partial charge in [0.15, 0.2) is 0 Å². The largest absolute Gasteiger partial charge is 0.368 e. The minimum Gasteiger partial charge on any atom is -0.368 e. The van der Waals surface area contributed by atoms with Crippen LogP contribution in [0.2, 0.25) is 0 Å². The van der Waals surface area contributed by atoms with Crippen LogP contribution in [0.1, 0.15) is 17.6 Å². The van der Waals surface area contributed by atoms with E-state index < -0.39 is 0 Å². The zero-order valence-corrected chi connectivity index (χ0v) is 12.3. The van der Waals surface area contributed by atoms with Gasteiger partial charge in [0.25, 0.3) is 0 Å². The molecule has 4 nitrogen and oxygen atoms in total. The number of anilines is 1. The Morgan fingerprint density at radius 2 is 2.11 bits per heavy atom. The van der Waals surface area contributed by atoms with E-state index in [0.717, 1.165) is 41.4 Å². The second-order valence-corrected chi connectivity index (χ2v) is 5.75. The summed E-state index contributed by atoms with van der Waals surface area (Å²) in [4.78, 5) is 13.6. The third kappa shape index (κ3) is 2.97. The number of nitrogens with one attached hydrogen (secondary N) is 1. The molecule has 0 aromatic carbocycles. The maximum Gasteiger partial charge on any atom is 0.138 e. The summed E-state index contributed by atoms with van der Waals surface area (Å²) in [5.74, 6) is 1.80. The van der Waals surface area contributed by atoms with Crippen LogP contribution in [0, 0.1) is 6.92 Å². The lowest BCUT2D eigenvalue weighted by atomic mass is 10.3. The van der Waals surface area contributed by atoms with Crippen LogP contribution in [0.3, 0.4) is 0 Å². The number of aryl methyl sites for hydroxylation is 2. The molecule has 18 heavy (non-hydrogen) atoms. The van der Waals surface area contributed by atoms with Gasteiger partial charge in [0.2, 0.25) is 0 Å². The van der Waals surface area contributed by atoms with Crippen molar-refractivity contribution in [2.24, 2.45) is 0 Å². The van der Waals surface area contributed by atoms with Crippen molar-refractivity contribution in [3.05, 3.63) is 16.8 Å². The van der Waals surface area contributed by atoms with Crippen LogP contribution in [-0.4, -0.2) is 42.1 Å². The summed E-state index contributed by atoms with van der Waals surface area (Å²) in [6.45, 7) is 6.01. The van der Waals surface area contributed by atoms with E-state index >= 15 is 0 Å². The van der Waals surface area contributed by atoms with E-state index in [4.69, 9.17) is 0 Å². The lowest BCUT2D eigenvalue weighted by Crippen LogP contribution is -2.21. The summed E-state index contributed by atoms with van der Waals surface area (Å²) < 4.78 is 0. The first kappa shape index (κ1) is 13.2. The predicted molar refractivity (Wildman–Crippen MR) is 78.6 cm³/mol. The Hall–Kier alpha value is -1.20. The van der Waals surface area contributed by atoms with Crippen LogP contribution in [0.25, 0.3) is 10.2 Å². The summed E-state index contributed by atoms with van der Waals surface area (Å²) in [6, 6.07) is 2.21. The highest BCUT2D eigenvalue weighted by atomic mass is 32.1. The summed E-state index contributed by atoms with van der Waals surface area (Å²) in [7, 11) is 4.14. The molecule has 2 aromatic heterocycles. The fourth-order valence-electron chi connectivity index (χ4n) is 1.78. The molecule has 98 valence electrons. The molecule has 0 spiro atoms. The van der Waals surface area contributed by atoms with E-state index in [0.29, 0.717) is 0 Å². The van der Waals surface area contributed by atoms with Crippen LogP contribution in [0.5, 0.6) is 0 Å². The first-order valence-electron chi connectivity index (χ1n) is 6.25. The van der Waals surface area contributed by atoms with Crippen molar-refractivity contribution in [1.29, 1.82) is 0 Å². The Labute approximate surface area is 112 Å². The Balaban J connectivity index is 2.27. The highest BCUT2D eigenvalue weighted by molar-refractivity contribution is 7.18. The van der Waals surface area contributed by atoms with E-state index in [1.54, 1.807) is 11.3 Å². The topological polar surface area (TPSA) is 41.0 Å². The smallest absolute Gasteiger partial charge is 0.138 e. The van der Waals surface area contributed by atoms with E-state index in [2.05, 4.69) is 47.3 Å². The number of fused-ring (bicyclic) bond motifs is 1. The normalized spacial score (nSPS) is 11.4. The first-order chi connectivity index (χ1) is 8.60. The zero-order valence-electron chi connectivity index (χ0n) is 11.4. The fraction of sp³-hybridized carbons (Fsp3) is 0.538. The van der Waals surface area contributed by atoms with Crippen LogP contribution in [-0.2, 0) is 6.42 Å². The van der Waals surface area contributed by atoms with E-state index in [1.807, 2.05) is 6.92 Å². The van der Waals surface area contributed by atoms with Crippen LogP contribution < -0.4 is 5.32 Å². The molecule has 2 rings (SSSR count). The molecule has 1 N–H and O–H groups in total. The SMILES string of the molecule is CCc1cc2c(NCCN(C)C)nc(C)nc2s1. The van der Waals surface area contributed by atoms with Gasteiger partial charge in [0.05, 0.1) is 5.39 Å². The Kier molecular flexibility index (Phi) is 4.14. The molecule has 0 fully saturated rings. The molecule has 0 amide bonds. The zero-order chi connectivity index (χ0) is 13.1. The van der Waals surface area contributed by atoms with E-state index in [-0.39, 0.29) is 0 Å². The molecule has 5 heteroatoms. The quantitative estimate of drug-likeness (QED) is 0.901. The molecule has 0 aliphatic carbocycles. The summed E-state index contributed by atoms with van der Waals surface area (Å²) >= 11 is 1.76. The Bertz CT molecular complexity index is 533. The molecule has 2 aromatic rings. The average molecular weight is 264 g/mol. The third-order valence-electron chi connectivity index (χ3n) is 2.76. The van der Waals surface area contributed by atoms with Crippen LogP contribution >= 0.6 is 11.3 Å². The molecule has 0 radical (unpaired) electrons. The summed E-state index contributed by atoms with van der Waals surface area (Å²) in [5, 5.41) is 4.57. The second kappa shape index (κ2) is 5.63. The number of hydrogen-bond donors (Lipinski definition) is 1. The molecule has 0 unspecified atom stereocenters. The van der Waals surface area contributed by atoms with E-state index in [1.165, 1.54) is 4.88 Å². The molecule has 0 bridgehead atoms. The predicted octanol–water partition coefficient (Wildman–Crippen LogP) is 2.54. The fourth-order valence-corrected chi connectivity index (χ4v) is 2.80. The van der Waals surface area contributed by atoms with Crippen molar-refractivity contribution in [1.82, 2.24) is 14.9 Å². The van der Waals surface area contributed by atoms with Gasteiger partial charge < -0.3 is 10.2 Å². The molecule has 0 saturated carbocycles. The monoisotopic (exact) mass is 264 g/mol. The minimum absolute atomic E-state index is 0.833. The van der Waals surface area contributed by atoms with Gasteiger partial charge in [-0.2, -0.15) is 0 Å². The maximum absolute atomic E-state index is 4.51. The van der Waals surface area contributed by atoms with Gasteiger partial charge in [0, 0.05) is 18.0 Å².